The van der Waals surface area contributed by atoms with Crippen LogP contribution < -0.4 is 21.3 Å². The van der Waals surface area contributed by atoms with Crippen molar-refractivity contribution in [3.05, 3.63) is 0 Å². The van der Waals surface area contributed by atoms with Crippen LogP contribution in [0, 0.1) is 21.7 Å². The van der Waals surface area contributed by atoms with Gasteiger partial charge in [-0.05, 0) is 266 Å². The summed E-state index contributed by atoms with van der Waals surface area (Å²) in [5, 5.41) is 14.1. The molecule has 13 heterocycles. The van der Waals surface area contributed by atoms with Crippen LogP contribution in [0.15, 0.2) is 0 Å². The van der Waals surface area contributed by atoms with Gasteiger partial charge in [-0.3, -0.25) is 64.9 Å². The number of hydrogen-bond acceptors (Lipinski definition) is 26. The van der Waals surface area contributed by atoms with Crippen LogP contribution in [0.5, 0.6) is 0 Å². The molecule has 0 aromatic rings. The number of piperazine rings is 7. The first-order chi connectivity index (χ1) is 65.3. The number of hydrogen-bond donors (Lipinski definition) is 4. The highest BCUT2D eigenvalue weighted by Gasteiger charge is 2.46. The molecule has 26 nitrogen and oxygen atoms in total. The minimum Gasteiger partial charge on any atom is -0.372 e. The maximum atomic E-state index is 6.24. The topological polar surface area (TPSA) is 149 Å². The maximum Gasteiger partial charge on any atom is 0.100 e. The van der Waals surface area contributed by atoms with Crippen molar-refractivity contribution in [2.45, 2.75) is 416 Å². The Balaban J connectivity index is 0.000000332. The molecule has 0 aromatic carbocycles. The summed E-state index contributed by atoms with van der Waals surface area (Å²) in [4.78, 5) is 43.1. The van der Waals surface area contributed by atoms with Crippen molar-refractivity contribution in [1.29, 1.82) is 0 Å². The summed E-state index contributed by atoms with van der Waals surface area (Å²) in [6.45, 7) is 152. The molecule has 13 aliphatic rings. The number of likely N-dealkylation sites (tertiary alicyclic amines) is 6. The number of ether oxygens (including phenoxy) is 5. The molecule has 4 bridgehead atoms. The standard InChI is InChI=1S/C17H34N2O.C14H31N3.C14H30N2O.C12H25N3.2C12H24N2O.C11H25N3.C11H24N2O.C8H18N2.C5H12/c1-15(2,3)13-18-9-7-17(8-10-18)14-19(11-12-20-17)16(4,5)6;1-13(2,3)11-16-7-9-17(10-8-16)12-15-14(4,5)6;1-13(2,3)11-15-7-9-16(10-8-15)12-17-14(4,5)6;1-5-14-7-11-6-10(14)8-15(11)9-13-12(2,3)4;1-11(2,3)14-7-4-12(5-8-14)10-13-6-9-15-12;1-5-13-7-11-6-10(13)8-14(11)9-15-12(2,3)4;1-5-13-6-8-14(9-7-13)10-12-11(2,3)4;1-5-12-6-8-13(9-7-12)10-14-11(2,3)4;1-3-9-5-7-10(4-2)8-6-9;1-5(2,3)4/h7-14H2,1-6H3;15H,7-12H2,1-6H3;7-12H2,1-6H3;10-11,13H,5-9H2,1-4H3;13H,4-10H2,1-3H3;10-11H,5-9H2,1-4H3;12H,5-10H2,1-4H3;5-10H2,1-4H3;3-8H2,1-2H3;1-4H3/t;;;10-,11-;;10-,11-;;;;/m...0.0..../s1. The Morgan fingerprint density at radius 2 is 0.549 bits per heavy atom. The van der Waals surface area contributed by atoms with Crippen LogP contribution in [0.3, 0.4) is 0 Å². The largest absolute Gasteiger partial charge is 0.372 e. The van der Waals surface area contributed by atoms with Crippen molar-refractivity contribution in [3.8, 4) is 0 Å². The molecule has 0 saturated carbocycles. The second-order valence-corrected chi connectivity index (χ2v) is 57.4. The van der Waals surface area contributed by atoms with E-state index in [2.05, 4.69) is 402 Å². The molecule has 2 spiro atoms. The van der Waals surface area contributed by atoms with Crippen LogP contribution in [-0.4, -0.2) is 485 Å². The normalized spacial score (nSPS) is 24.9. The van der Waals surface area contributed by atoms with Crippen molar-refractivity contribution in [2.75, 3.05) is 322 Å². The highest BCUT2D eigenvalue weighted by molar-refractivity contribution is 5.02. The summed E-state index contributed by atoms with van der Waals surface area (Å²) in [6, 6.07) is 3.19. The lowest BCUT2D eigenvalue weighted by Crippen LogP contribution is -2.60. The van der Waals surface area contributed by atoms with E-state index in [-0.39, 0.29) is 50.2 Å². The first-order valence-electron chi connectivity index (χ1n) is 57.9. The monoisotopic (exact) mass is 2010 g/mol. The molecule has 13 fully saturated rings. The highest BCUT2D eigenvalue weighted by atomic mass is 16.5. The lowest BCUT2D eigenvalue weighted by Gasteiger charge is -2.51. The minimum absolute atomic E-state index is 0.00766. The number of morpholine rings is 2. The predicted molar refractivity (Wildman–Crippen MR) is 612 cm³/mol. The van der Waals surface area contributed by atoms with Crippen LogP contribution in [0.25, 0.3) is 0 Å². The summed E-state index contributed by atoms with van der Waals surface area (Å²) < 4.78 is 29.6. The van der Waals surface area contributed by atoms with Crippen molar-refractivity contribution in [1.82, 2.24) is 105 Å². The van der Waals surface area contributed by atoms with Crippen LogP contribution in [0.1, 0.15) is 336 Å². The second-order valence-electron chi connectivity index (χ2n) is 57.4. The third-order valence-corrected chi connectivity index (χ3v) is 29.2. The van der Waals surface area contributed by atoms with Gasteiger partial charge in [0.15, 0.2) is 0 Å². The van der Waals surface area contributed by atoms with Gasteiger partial charge in [-0.15, -0.1) is 0 Å². The summed E-state index contributed by atoms with van der Waals surface area (Å²) in [6.07, 6.45) is 7.47. The Labute approximate surface area is 882 Å². The number of likely N-dealkylation sites (N-methyl/N-ethyl adjacent to an activating group) is 6. The fourth-order valence-corrected chi connectivity index (χ4v) is 20.2. The van der Waals surface area contributed by atoms with Gasteiger partial charge in [0.25, 0.3) is 0 Å². The number of fused-ring (bicyclic) bond motifs is 4. The summed E-state index contributed by atoms with van der Waals surface area (Å²) in [7, 11) is 0. The van der Waals surface area contributed by atoms with Crippen molar-refractivity contribution in [3.63, 3.8) is 0 Å². The van der Waals surface area contributed by atoms with E-state index in [0.29, 0.717) is 27.2 Å². The average molecular weight is 2020 g/mol. The van der Waals surface area contributed by atoms with Gasteiger partial charge >= 0.3 is 0 Å². The molecule has 13 aliphatic heterocycles. The maximum absolute atomic E-state index is 6.24. The Morgan fingerprint density at radius 3 is 0.831 bits per heavy atom. The first kappa shape index (κ1) is 133. The molecular formula is C116H247N21O5. The fourth-order valence-electron chi connectivity index (χ4n) is 20.2. The van der Waals surface area contributed by atoms with Crippen LogP contribution in [0.2, 0.25) is 0 Å². The molecule has 13 rings (SSSR count). The van der Waals surface area contributed by atoms with E-state index in [1.807, 2.05) is 0 Å². The predicted octanol–water partition coefficient (Wildman–Crippen LogP) is 16.4. The Hall–Kier alpha value is -1.04. The van der Waals surface area contributed by atoms with Crippen LogP contribution >= 0.6 is 0 Å². The molecule has 26 heteroatoms. The van der Waals surface area contributed by atoms with Gasteiger partial charge < -0.3 is 63.3 Å². The van der Waals surface area contributed by atoms with E-state index in [0.717, 1.165) is 130 Å². The number of nitrogens with one attached hydrogen (secondary N) is 4. The Kier molecular flexibility index (Phi) is 57.5. The highest BCUT2D eigenvalue weighted by Crippen LogP contribution is 2.37. The van der Waals surface area contributed by atoms with Gasteiger partial charge in [-0.25, -0.2) is 0 Å². The first-order valence-corrected chi connectivity index (χ1v) is 57.9. The molecule has 0 aromatic heterocycles. The molecule has 142 heavy (non-hydrogen) atoms. The van der Waals surface area contributed by atoms with E-state index in [1.54, 1.807) is 0 Å². The van der Waals surface area contributed by atoms with E-state index in [1.165, 1.54) is 255 Å². The lowest BCUT2D eigenvalue weighted by molar-refractivity contribution is -0.152. The zero-order valence-electron chi connectivity index (χ0n) is 103. The van der Waals surface area contributed by atoms with Gasteiger partial charge in [0.1, 0.15) is 6.73 Å². The third kappa shape index (κ3) is 60.0. The average Bonchev–Trinajstić information content (AvgIpc) is 1.63. The number of nitrogens with zero attached hydrogens (tertiary/aromatic N) is 17. The van der Waals surface area contributed by atoms with Crippen molar-refractivity contribution in [2.24, 2.45) is 21.7 Å². The van der Waals surface area contributed by atoms with Crippen LogP contribution in [-0.2, 0) is 23.7 Å². The molecule has 0 radical (unpaired) electrons. The summed E-state index contributed by atoms with van der Waals surface area (Å²) >= 11 is 0. The zero-order chi connectivity index (χ0) is 107. The fraction of sp³-hybridized carbons (Fsp3) is 1.00. The molecule has 846 valence electrons. The molecule has 0 unspecified atom stereocenters. The van der Waals surface area contributed by atoms with Crippen LogP contribution in [0.4, 0.5) is 0 Å². The van der Waals surface area contributed by atoms with Gasteiger partial charge in [0, 0.05) is 301 Å². The zero-order valence-corrected chi connectivity index (χ0v) is 103. The van der Waals surface area contributed by atoms with E-state index in [9.17, 15) is 0 Å². The van der Waals surface area contributed by atoms with Gasteiger partial charge in [0.2, 0.25) is 0 Å². The molecule has 0 aliphatic carbocycles. The lowest BCUT2D eigenvalue weighted by atomic mass is 9.86. The SMILES string of the molecule is CC(C)(C)C.CC(C)(C)CN1CCC2(CC1)CN(C(C)(C)C)CCO2.CC(C)(C)CN1CCN(CNC(C)(C)C)CC1.CC(C)(C)CN1CCN(COC(C)(C)C)CC1.CC(C)(C)N1CCC2(CC1)CNCCO2.CCN1CCN(CC)CC1.CCN1CCN(CNC(C)(C)C)CC1.CCN1CCN(COC(C)(C)C)CC1.CCN1C[C@@H]2C[C@H]1CN2CNC(C)(C)C.CCN1C[C@@H]2C[C@H]1CN2COC(C)(C)C. The van der Waals surface area contributed by atoms with Gasteiger partial charge in [0.05, 0.1) is 54.7 Å². The smallest absolute Gasteiger partial charge is 0.100 e. The Morgan fingerprint density at radius 1 is 0.275 bits per heavy atom. The number of piperidine rings is 2. The molecule has 0 amide bonds. The molecule has 4 N–H and O–H groups in total. The van der Waals surface area contributed by atoms with Gasteiger partial charge in [-0.2, -0.15) is 0 Å². The number of rotatable bonds is 21. The van der Waals surface area contributed by atoms with E-state index in [4.69, 9.17) is 23.7 Å². The molecular weight excluding hydrogens is 1770 g/mol. The third-order valence-electron chi connectivity index (χ3n) is 29.2. The summed E-state index contributed by atoms with van der Waals surface area (Å²) in [5.41, 5.74) is 3.24. The quantitative estimate of drug-likeness (QED) is 0.0862. The minimum atomic E-state index is -0.0253. The van der Waals surface area contributed by atoms with E-state index >= 15 is 0 Å². The van der Waals surface area contributed by atoms with E-state index < -0.39 is 0 Å². The molecule has 13 saturated heterocycles. The second kappa shape index (κ2) is 61.3. The van der Waals surface area contributed by atoms with Crippen molar-refractivity contribution >= 4 is 0 Å². The van der Waals surface area contributed by atoms with Gasteiger partial charge in [-0.1, -0.05) is 132 Å². The Bertz CT molecular complexity index is 3040. The summed E-state index contributed by atoms with van der Waals surface area (Å²) in [5.74, 6) is 0. The van der Waals surface area contributed by atoms with Crippen molar-refractivity contribution < 1.29 is 23.7 Å². The molecule has 4 atom stereocenters.